The highest BCUT2D eigenvalue weighted by Gasteiger charge is 2.37. The Bertz CT molecular complexity index is 506. The largest absolute Gasteiger partial charge is 0.349 e. The number of hydrogen-bond acceptors (Lipinski definition) is 2. The summed E-state index contributed by atoms with van der Waals surface area (Å²) in [4.78, 5) is 12.2. The van der Waals surface area contributed by atoms with E-state index >= 15 is 0 Å². The van der Waals surface area contributed by atoms with E-state index in [4.69, 9.17) is 0 Å². The fraction of sp³-hybridized carbons (Fsp3) is 0.588. The van der Waals surface area contributed by atoms with Crippen molar-refractivity contribution in [3.8, 4) is 0 Å². The van der Waals surface area contributed by atoms with Gasteiger partial charge in [0.2, 0.25) is 0 Å². The van der Waals surface area contributed by atoms with Crippen molar-refractivity contribution in [1.82, 2.24) is 10.6 Å². The zero-order valence-electron chi connectivity index (χ0n) is 12.3. The molecule has 0 aromatic heterocycles. The van der Waals surface area contributed by atoms with Gasteiger partial charge in [0.15, 0.2) is 0 Å². The maximum atomic E-state index is 13.7. The summed E-state index contributed by atoms with van der Waals surface area (Å²) >= 11 is 0. The minimum Gasteiger partial charge on any atom is -0.349 e. The van der Waals surface area contributed by atoms with Crippen molar-refractivity contribution < 1.29 is 9.18 Å². The maximum absolute atomic E-state index is 13.7. The first-order valence-corrected chi connectivity index (χ1v) is 7.99. The van der Waals surface area contributed by atoms with Crippen molar-refractivity contribution in [3.05, 3.63) is 35.6 Å². The van der Waals surface area contributed by atoms with Gasteiger partial charge >= 0.3 is 0 Å². The molecule has 0 bridgehead atoms. The molecule has 114 valence electrons. The Labute approximate surface area is 125 Å². The number of rotatable bonds is 2. The van der Waals surface area contributed by atoms with Gasteiger partial charge in [-0.2, -0.15) is 0 Å². The normalized spacial score (nSPS) is 24.7. The van der Waals surface area contributed by atoms with E-state index < -0.39 is 5.82 Å². The van der Waals surface area contributed by atoms with Crippen LogP contribution in [-0.2, 0) is 0 Å². The fourth-order valence-electron chi connectivity index (χ4n) is 3.80. The first-order chi connectivity index (χ1) is 10.2. The fourth-order valence-corrected chi connectivity index (χ4v) is 3.80. The summed E-state index contributed by atoms with van der Waals surface area (Å²) in [7, 11) is 0. The molecule has 0 radical (unpaired) electrons. The van der Waals surface area contributed by atoms with Crippen molar-refractivity contribution in [3.63, 3.8) is 0 Å². The second-order valence-electron chi connectivity index (χ2n) is 6.41. The lowest BCUT2D eigenvalue weighted by molar-refractivity contribution is 0.0889. The van der Waals surface area contributed by atoms with Crippen LogP contribution in [0.15, 0.2) is 24.3 Å². The van der Waals surface area contributed by atoms with Crippen LogP contribution in [0, 0.1) is 5.82 Å². The average Bonchev–Trinajstić information content (AvgIpc) is 2.48. The van der Waals surface area contributed by atoms with E-state index in [1.165, 1.54) is 38.2 Å². The molecule has 1 unspecified atom stereocenters. The highest BCUT2D eigenvalue weighted by molar-refractivity contribution is 5.94. The van der Waals surface area contributed by atoms with Gasteiger partial charge in [-0.15, -0.1) is 0 Å². The molecular weight excluding hydrogens is 267 g/mol. The van der Waals surface area contributed by atoms with Crippen molar-refractivity contribution >= 4 is 5.91 Å². The molecule has 1 amide bonds. The molecule has 1 aromatic carbocycles. The van der Waals surface area contributed by atoms with Gasteiger partial charge in [-0.05, 0) is 44.4 Å². The zero-order valence-corrected chi connectivity index (χ0v) is 12.3. The van der Waals surface area contributed by atoms with Crippen LogP contribution < -0.4 is 10.6 Å². The molecule has 1 saturated heterocycles. The Morgan fingerprint density at radius 1 is 1.24 bits per heavy atom. The van der Waals surface area contributed by atoms with E-state index in [9.17, 15) is 9.18 Å². The van der Waals surface area contributed by atoms with Crippen molar-refractivity contribution in [2.45, 2.75) is 56.5 Å². The van der Waals surface area contributed by atoms with Crippen LogP contribution in [0.2, 0.25) is 0 Å². The van der Waals surface area contributed by atoms with Crippen LogP contribution in [0.1, 0.15) is 55.3 Å². The number of benzene rings is 1. The highest BCUT2D eigenvalue weighted by atomic mass is 19.1. The van der Waals surface area contributed by atoms with E-state index in [0.717, 1.165) is 19.4 Å². The predicted octanol–water partition coefficient (Wildman–Crippen LogP) is 3.01. The number of amides is 1. The summed E-state index contributed by atoms with van der Waals surface area (Å²) in [5.41, 5.74) is 0.345. The smallest absolute Gasteiger partial charge is 0.254 e. The molecule has 1 atom stereocenters. The Morgan fingerprint density at radius 2 is 2.00 bits per heavy atom. The van der Waals surface area contributed by atoms with Gasteiger partial charge in [0.1, 0.15) is 5.82 Å². The maximum Gasteiger partial charge on any atom is 0.254 e. The standard InChI is InChI=1S/C17H23FN2O/c18-15-7-3-2-6-14(15)16(21)20-13-8-11-19-17(12-13)9-4-1-5-10-17/h2-3,6-7,13,19H,1,4-5,8-12H2,(H,20,21). The Balaban J connectivity index is 1.65. The third-order valence-corrected chi connectivity index (χ3v) is 4.89. The summed E-state index contributed by atoms with van der Waals surface area (Å²) < 4.78 is 13.7. The zero-order chi connectivity index (χ0) is 14.7. The lowest BCUT2D eigenvalue weighted by Crippen LogP contribution is -2.57. The van der Waals surface area contributed by atoms with E-state index in [-0.39, 0.29) is 23.1 Å². The van der Waals surface area contributed by atoms with Gasteiger partial charge < -0.3 is 10.6 Å². The summed E-state index contributed by atoms with van der Waals surface area (Å²) in [5.74, 6) is -0.734. The second-order valence-corrected chi connectivity index (χ2v) is 6.41. The van der Waals surface area contributed by atoms with E-state index in [2.05, 4.69) is 10.6 Å². The summed E-state index contributed by atoms with van der Waals surface area (Å²) in [6, 6.07) is 6.33. The number of carbonyl (C=O) groups is 1. The predicted molar refractivity (Wildman–Crippen MR) is 80.7 cm³/mol. The SMILES string of the molecule is O=C(NC1CCNC2(CCCCC2)C1)c1ccccc1F. The molecule has 2 N–H and O–H groups in total. The van der Waals surface area contributed by atoms with Gasteiger partial charge in [-0.25, -0.2) is 4.39 Å². The van der Waals surface area contributed by atoms with Crippen molar-refractivity contribution in [1.29, 1.82) is 0 Å². The Morgan fingerprint density at radius 3 is 2.76 bits per heavy atom. The molecule has 1 aromatic rings. The molecule has 1 spiro atoms. The molecule has 3 nitrogen and oxygen atoms in total. The number of nitrogens with one attached hydrogen (secondary N) is 2. The average molecular weight is 290 g/mol. The second kappa shape index (κ2) is 6.14. The molecule has 4 heteroatoms. The Kier molecular flexibility index (Phi) is 4.24. The Hall–Kier alpha value is -1.42. The molecule has 1 saturated carbocycles. The first-order valence-electron chi connectivity index (χ1n) is 7.99. The number of carbonyl (C=O) groups excluding carboxylic acids is 1. The highest BCUT2D eigenvalue weighted by Crippen LogP contribution is 2.34. The van der Waals surface area contributed by atoms with Gasteiger partial charge in [0.05, 0.1) is 5.56 Å². The number of halogens is 1. The number of piperidine rings is 1. The molecule has 1 heterocycles. The van der Waals surface area contributed by atoms with E-state index in [0.29, 0.717) is 0 Å². The summed E-state index contributed by atoms with van der Waals surface area (Å²) in [6.45, 7) is 0.933. The molecule has 1 aliphatic heterocycles. The van der Waals surface area contributed by atoms with Crippen LogP contribution in [0.3, 0.4) is 0 Å². The minimum atomic E-state index is -0.448. The van der Waals surface area contributed by atoms with Crippen LogP contribution in [0.5, 0.6) is 0 Å². The number of hydrogen-bond donors (Lipinski definition) is 2. The van der Waals surface area contributed by atoms with Gasteiger partial charge in [-0.1, -0.05) is 31.4 Å². The van der Waals surface area contributed by atoms with Crippen LogP contribution >= 0.6 is 0 Å². The van der Waals surface area contributed by atoms with Crippen LogP contribution in [0.4, 0.5) is 4.39 Å². The third-order valence-electron chi connectivity index (χ3n) is 4.89. The first kappa shape index (κ1) is 14.5. The van der Waals surface area contributed by atoms with Crippen molar-refractivity contribution in [2.24, 2.45) is 0 Å². The van der Waals surface area contributed by atoms with Gasteiger partial charge in [-0.3, -0.25) is 4.79 Å². The van der Waals surface area contributed by atoms with Gasteiger partial charge in [0.25, 0.3) is 5.91 Å². The van der Waals surface area contributed by atoms with Gasteiger partial charge in [0, 0.05) is 11.6 Å². The van der Waals surface area contributed by atoms with Crippen LogP contribution in [0.25, 0.3) is 0 Å². The molecule has 2 fully saturated rings. The third kappa shape index (κ3) is 3.26. The summed E-state index contributed by atoms with van der Waals surface area (Å²) in [5, 5.41) is 6.69. The van der Waals surface area contributed by atoms with Crippen LogP contribution in [-0.4, -0.2) is 24.0 Å². The quantitative estimate of drug-likeness (QED) is 0.879. The molecule has 21 heavy (non-hydrogen) atoms. The molecule has 3 rings (SSSR count). The molecular formula is C17H23FN2O. The molecule has 1 aliphatic carbocycles. The molecule has 2 aliphatic rings. The monoisotopic (exact) mass is 290 g/mol. The lowest BCUT2D eigenvalue weighted by Gasteiger charge is -2.44. The minimum absolute atomic E-state index is 0.147. The summed E-state index contributed by atoms with van der Waals surface area (Å²) in [6.07, 6.45) is 8.12. The van der Waals surface area contributed by atoms with Crippen molar-refractivity contribution in [2.75, 3.05) is 6.54 Å². The topological polar surface area (TPSA) is 41.1 Å². The lowest BCUT2D eigenvalue weighted by atomic mass is 9.75. The van der Waals surface area contributed by atoms with E-state index in [1.54, 1.807) is 18.2 Å². The van der Waals surface area contributed by atoms with E-state index in [1.807, 2.05) is 0 Å².